The number of aliphatic hydroxyl groups excluding tert-OH is 1. The molecule has 1 heterocycles. The molecule has 8 heteroatoms. The van der Waals surface area contributed by atoms with Crippen molar-refractivity contribution in [2.24, 2.45) is 17.3 Å². The second-order valence-electron chi connectivity index (χ2n) is 12.0. The van der Waals surface area contributed by atoms with Crippen LogP contribution >= 0.6 is 0 Å². The van der Waals surface area contributed by atoms with Crippen LogP contribution in [0.4, 0.5) is 4.79 Å². The Hall–Kier alpha value is -3.26. The normalized spacial score (nSPS) is 22.1. The van der Waals surface area contributed by atoms with Crippen molar-refractivity contribution in [2.45, 2.75) is 71.6 Å². The smallest absolute Gasteiger partial charge is 0.408 e. The topological polar surface area (TPSA) is 97.3 Å². The lowest BCUT2D eigenvalue weighted by Gasteiger charge is -2.34. The van der Waals surface area contributed by atoms with Crippen LogP contribution in [-0.2, 0) is 16.1 Å². The van der Waals surface area contributed by atoms with Crippen molar-refractivity contribution in [2.75, 3.05) is 26.8 Å². The van der Waals surface area contributed by atoms with E-state index in [-0.39, 0.29) is 24.3 Å². The first-order valence-electron chi connectivity index (χ1n) is 14.4. The predicted molar refractivity (Wildman–Crippen MR) is 153 cm³/mol. The van der Waals surface area contributed by atoms with Gasteiger partial charge < -0.3 is 29.5 Å². The number of alkyl carbamates (subject to hydrolysis) is 1. The van der Waals surface area contributed by atoms with Gasteiger partial charge in [-0.1, -0.05) is 57.2 Å². The Bertz CT molecular complexity index is 1150. The van der Waals surface area contributed by atoms with E-state index in [0.717, 1.165) is 11.1 Å². The summed E-state index contributed by atoms with van der Waals surface area (Å²) < 4.78 is 17.1. The van der Waals surface area contributed by atoms with E-state index in [1.165, 1.54) is 12.8 Å². The van der Waals surface area contributed by atoms with Gasteiger partial charge in [0.1, 0.15) is 12.6 Å². The number of nitrogens with one attached hydrogen (secondary N) is 1. The maximum absolute atomic E-state index is 13.9. The average Bonchev–Trinajstić information content (AvgIpc) is 3.70. The van der Waals surface area contributed by atoms with Gasteiger partial charge in [0, 0.05) is 24.4 Å². The van der Waals surface area contributed by atoms with Gasteiger partial charge in [-0.25, -0.2) is 4.79 Å². The Labute approximate surface area is 238 Å². The third-order valence-electron chi connectivity index (χ3n) is 8.27. The van der Waals surface area contributed by atoms with Crippen LogP contribution in [-0.4, -0.2) is 61.0 Å². The summed E-state index contributed by atoms with van der Waals surface area (Å²) in [6.45, 7) is 9.41. The van der Waals surface area contributed by atoms with Crippen LogP contribution in [0.15, 0.2) is 48.5 Å². The number of carbonyl (C=O) groups is 2. The highest BCUT2D eigenvalue weighted by Gasteiger charge is 2.49. The molecule has 4 rings (SSSR count). The van der Waals surface area contributed by atoms with Gasteiger partial charge in [-0.2, -0.15) is 0 Å². The number of benzene rings is 2. The molecular formula is C32H44N2O6. The fourth-order valence-corrected chi connectivity index (χ4v) is 5.43. The zero-order chi connectivity index (χ0) is 28.9. The molecule has 2 fully saturated rings. The SMILES string of the molecule is COc1ccc(C2CN(C(=O)C(CC(C)C)NC(=O)OCc3ccccc3)CC2(C)C(C)O)cc1OCC1CC1. The largest absolute Gasteiger partial charge is 0.493 e. The summed E-state index contributed by atoms with van der Waals surface area (Å²) >= 11 is 0. The number of hydrogen-bond acceptors (Lipinski definition) is 6. The first-order chi connectivity index (χ1) is 19.1. The van der Waals surface area contributed by atoms with Crippen molar-refractivity contribution in [3.8, 4) is 11.5 Å². The molecule has 2 amide bonds. The number of nitrogens with zero attached hydrogens (tertiary/aromatic N) is 1. The third-order valence-corrected chi connectivity index (χ3v) is 8.27. The molecule has 1 saturated heterocycles. The number of ether oxygens (including phenoxy) is 3. The van der Waals surface area contributed by atoms with Gasteiger partial charge in [-0.15, -0.1) is 0 Å². The van der Waals surface area contributed by atoms with Crippen LogP contribution in [0.3, 0.4) is 0 Å². The van der Waals surface area contributed by atoms with Crippen LogP contribution in [0.2, 0.25) is 0 Å². The molecule has 4 unspecified atom stereocenters. The molecule has 1 saturated carbocycles. The Morgan fingerprint density at radius 1 is 1.10 bits per heavy atom. The fourth-order valence-electron chi connectivity index (χ4n) is 5.43. The zero-order valence-electron chi connectivity index (χ0n) is 24.4. The number of rotatable bonds is 12. The highest BCUT2D eigenvalue weighted by Crippen LogP contribution is 2.47. The quantitative estimate of drug-likeness (QED) is 0.379. The Morgan fingerprint density at radius 2 is 1.82 bits per heavy atom. The number of likely N-dealkylation sites (tertiary alicyclic amines) is 1. The second kappa shape index (κ2) is 12.9. The van der Waals surface area contributed by atoms with Crippen molar-refractivity contribution in [1.29, 1.82) is 0 Å². The maximum Gasteiger partial charge on any atom is 0.408 e. The number of hydrogen-bond donors (Lipinski definition) is 2. The van der Waals surface area contributed by atoms with Crippen LogP contribution in [0.25, 0.3) is 0 Å². The number of aliphatic hydroxyl groups is 1. The van der Waals surface area contributed by atoms with E-state index in [1.54, 1.807) is 18.9 Å². The summed E-state index contributed by atoms with van der Waals surface area (Å²) in [4.78, 5) is 28.3. The molecule has 40 heavy (non-hydrogen) atoms. The first-order valence-corrected chi connectivity index (χ1v) is 14.4. The molecular weight excluding hydrogens is 508 g/mol. The molecule has 2 aromatic rings. The molecule has 0 aromatic heterocycles. The van der Waals surface area contributed by atoms with E-state index >= 15 is 0 Å². The van der Waals surface area contributed by atoms with Crippen molar-refractivity contribution in [1.82, 2.24) is 10.2 Å². The molecule has 218 valence electrons. The van der Waals surface area contributed by atoms with Crippen molar-refractivity contribution in [3.05, 3.63) is 59.7 Å². The molecule has 0 bridgehead atoms. The van der Waals surface area contributed by atoms with Crippen LogP contribution < -0.4 is 14.8 Å². The minimum atomic E-state index is -0.728. The molecule has 2 N–H and O–H groups in total. The fraction of sp³-hybridized carbons (Fsp3) is 0.562. The monoisotopic (exact) mass is 552 g/mol. The van der Waals surface area contributed by atoms with Crippen LogP contribution in [0, 0.1) is 17.3 Å². The van der Waals surface area contributed by atoms with Gasteiger partial charge in [0.15, 0.2) is 11.5 Å². The lowest BCUT2D eigenvalue weighted by molar-refractivity contribution is -0.133. The highest BCUT2D eigenvalue weighted by molar-refractivity contribution is 5.86. The highest BCUT2D eigenvalue weighted by atomic mass is 16.5. The van der Waals surface area contributed by atoms with Gasteiger partial charge in [-0.3, -0.25) is 4.79 Å². The summed E-state index contributed by atoms with van der Waals surface area (Å²) in [5, 5.41) is 13.7. The van der Waals surface area contributed by atoms with Gasteiger partial charge in [0.2, 0.25) is 5.91 Å². The number of carbonyl (C=O) groups excluding carboxylic acids is 2. The van der Waals surface area contributed by atoms with E-state index in [2.05, 4.69) is 5.32 Å². The molecule has 2 aliphatic rings. The Morgan fingerprint density at radius 3 is 2.45 bits per heavy atom. The number of amides is 2. The van der Waals surface area contributed by atoms with Gasteiger partial charge >= 0.3 is 6.09 Å². The van der Waals surface area contributed by atoms with Gasteiger partial charge in [-0.05, 0) is 61.3 Å². The lowest BCUT2D eigenvalue weighted by Crippen LogP contribution is -2.49. The van der Waals surface area contributed by atoms with E-state index < -0.39 is 23.7 Å². The molecule has 1 aliphatic heterocycles. The third kappa shape index (κ3) is 7.27. The second-order valence-corrected chi connectivity index (χ2v) is 12.0. The maximum atomic E-state index is 13.9. The van der Waals surface area contributed by atoms with Gasteiger partial charge in [0.25, 0.3) is 0 Å². The summed E-state index contributed by atoms with van der Waals surface area (Å²) in [6, 6.07) is 14.6. The molecule has 4 atom stereocenters. The van der Waals surface area contributed by atoms with Crippen molar-refractivity contribution >= 4 is 12.0 Å². The predicted octanol–water partition coefficient (Wildman–Crippen LogP) is 5.14. The van der Waals surface area contributed by atoms with E-state index in [0.29, 0.717) is 43.5 Å². The van der Waals surface area contributed by atoms with Crippen LogP contribution in [0.5, 0.6) is 11.5 Å². The number of methoxy groups -OCH3 is 1. The Balaban J connectivity index is 1.50. The standard InChI is InChI=1S/C32H44N2O6/c1-21(2)15-27(33-31(37)40-19-23-9-7-6-8-10-23)30(36)34-17-26(32(4,20-34)22(3)35)25-13-14-28(38-5)29(16-25)39-18-24-11-12-24/h6-10,13-14,16,21-22,24,26-27,35H,11-12,15,17-20H2,1-5H3,(H,33,37). The summed E-state index contributed by atoms with van der Waals surface area (Å²) in [5.41, 5.74) is 1.27. The zero-order valence-corrected chi connectivity index (χ0v) is 24.4. The molecule has 0 spiro atoms. The summed E-state index contributed by atoms with van der Waals surface area (Å²) in [5.74, 6) is 1.83. The average molecular weight is 553 g/mol. The van der Waals surface area contributed by atoms with E-state index in [1.807, 2.05) is 69.3 Å². The van der Waals surface area contributed by atoms with E-state index in [9.17, 15) is 14.7 Å². The molecule has 1 aliphatic carbocycles. The lowest BCUT2D eigenvalue weighted by atomic mass is 9.72. The first kappa shape index (κ1) is 29.7. The molecule has 8 nitrogen and oxygen atoms in total. The summed E-state index contributed by atoms with van der Waals surface area (Å²) in [6.07, 6.45) is 1.57. The van der Waals surface area contributed by atoms with Crippen molar-refractivity contribution in [3.63, 3.8) is 0 Å². The Kier molecular flexibility index (Phi) is 9.61. The van der Waals surface area contributed by atoms with Crippen LogP contribution in [0.1, 0.15) is 64.0 Å². The molecule has 2 aromatic carbocycles. The van der Waals surface area contributed by atoms with Gasteiger partial charge in [0.05, 0.1) is 19.8 Å². The van der Waals surface area contributed by atoms with E-state index in [4.69, 9.17) is 14.2 Å². The molecule has 0 radical (unpaired) electrons. The van der Waals surface area contributed by atoms with Crippen molar-refractivity contribution < 1.29 is 28.9 Å². The minimum Gasteiger partial charge on any atom is -0.493 e. The minimum absolute atomic E-state index is 0.129. The summed E-state index contributed by atoms with van der Waals surface area (Å²) in [7, 11) is 1.63.